The van der Waals surface area contributed by atoms with E-state index in [1.807, 2.05) is 13.8 Å². The van der Waals surface area contributed by atoms with Crippen LogP contribution in [0, 0.1) is 11.8 Å². The summed E-state index contributed by atoms with van der Waals surface area (Å²) in [6.07, 6.45) is 2.18. The Balaban J connectivity index is 2.37. The van der Waals surface area contributed by atoms with Crippen molar-refractivity contribution in [3.05, 3.63) is 0 Å². The second kappa shape index (κ2) is 7.33. The molecule has 4 N–H and O–H groups in total. The van der Waals surface area contributed by atoms with Crippen molar-refractivity contribution in [3.8, 4) is 0 Å². The lowest BCUT2D eigenvalue weighted by Crippen LogP contribution is -2.48. The molecule has 1 heterocycles. The molecule has 0 aromatic heterocycles. The van der Waals surface area contributed by atoms with Crippen LogP contribution in [0.4, 0.5) is 4.79 Å². The Morgan fingerprint density at radius 1 is 1.37 bits per heavy atom. The zero-order valence-electron chi connectivity index (χ0n) is 11.8. The third-order valence-electron chi connectivity index (χ3n) is 3.43. The normalized spacial score (nSPS) is 18.4. The maximum atomic E-state index is 11.9. The van der Waals surface area contributed by atoms with Crippen molar-refractivity contribution in [3.63, 3.8) is 0 Å². The van der Waals surface area contributed by atoms with Crippen LogP contribution in [0.25, 0.3) is 0 Å². The lowest BCUT2D eigenvalue weighted by molar-refractivity contribution is -0.142. The molecule has 0 bridgehead atoms. The first kappa shape index (κ1) is 15.8. The Bertz CT molecular complexity index is 312. The molecule has 0 saturated carbocycles. The number of carbonyl (C=O) groups excluding carboxylic acids is 1. The van der Waals surface area contributed by atoms with Crippen molar-refractivity contribution in [2.24, 2.45) is 17.6 Å². The minimum absolute atomic E-state index is 0.178. The summed E-state index contributed by atoms with van der Waals surface area (Å²) >= 11 is 0. The van der Waals surface area contributed by atoms with Gasteiger partial charge in [0.25, 0.3) is 0 Å². The predicted octanol–water partition coefficient (Wildman–Crippen LogP) is 0.866. The monoisotopic (exact) mass is 271 g/mol. The van der Waals surface area contributed by atoms with E-state index in [9.17, 15) is 9.59 Å². The van der Waals surface area contributed by atoms with Crippen molar-refractivity contribution < 1.29 is 14.7 Å². The number of piperidine rings is 1. The molecule has 1 rings (SSSR count). The van der Waals surface area contributed by atoms with E-state index in [0.717, 1.165) is 12.8 Å². The van der Waals surface area contributed by atoms with Crippen molar-refractivity contribution in [1.82, 2.24) is 10.2 Å². The standard InChI is InChI=1S/C13H25N3O3/c1-9(2)7-10(12(17)18)8-15-13(19)16-5-3-11(14)4-6-16/h9-11H,3-8,14H2,1-2H3,(H,15,19)(H,17,18). The van der Waals surface area contributed by atoms with Gasteiger partial charge in [0.05, 0.1) is 5.92 Å². The minimum atomic E-state index is -0.852. The van der Waals surface area contributed by atoms with Crippen LogP contribution in [0.3, 0.4) is 0 Å². The molecular weight excluding hydrogens is 246 g/mol. The van der Waals surface area contributed by atoms with Gasteiger partial charge in [-0.2, -0.15) is 0 Å². The SMILES string of the molecule is CC(C)CC(CNC(=O)N1CCC(N)CC1)C(=O)O. The fourth-order valence-corrected chi connectivity index (χ4v) is 2.27. The molecule has 1 aliphatic heterocycles. The first-order valence-corrected chi connectivity index (χ1v) is 6.91. The maximum Gasteiger partial charge on any atom is 0.317 e. The topological polar surface area (TPSA) is 95.7 Å². The molecule has 1 saturated heterocycles. The van der Waals surface area contributed by atoms with Gasteiger partial charge in [-0.15, -0.1) is 0 Å². The predicted molar refractivity (Wildman–Crippen MR) is 72.8 cm³/mol. The number of carboxylic acids is 1. The molecule has 6 nitrogen and oxygen atoms in total. The molecule has 1 atom stereocenters. The van der Waals surface area contributed by atoms with Gasteiger partial charge in [0.15, 0.2) is 0 Å². The highest BCUT2D eigenvalue weighted by Gasteiger charge is 2.23. The van der Waals surface area contributed by atoms with Crippen LogP contribution in [0.15, 0.2) is 0 Å². The molecule has 1 aliphatic rings. The van der Waals surface area contributed by atoms with Crippen LogP contribution in [-0.4, -0.2) is 47.7 Å². The van der Waals surface area contributed by atoms with Gasteiger partial charge in [-0.25, -0.2) is 4.79 Å². The van der Waals surface area contributed by atoms with Gasteiger partial charge in [-0.1, -0.05) is 13.8 Å². The van der Waals surface area contributed by atoms with E-state index < -0.39 is 11.9 Å². The zero-order chi connectivity index (χ0) is 14.4. The fourth-order valence-electron chi connectivity index (χ4n) is 2.27. The third kappa shape index (κ3) is 5.46. The summed E-state index contributed by atoms with van der Waals surface area (Å²) in [5.74, 6) is -1.07. The van der Waals surface area contributed by atoms with Gasteiger partial charge in [0, 0.05) is 25.7 Å². The molecule has 6 heteroatoms. The van der Waals surface area contributed by atoms with E-state index in [4.69, 9.17) is 10.8 Å². The largest absolute Gasteiger partial charge is 0.481 e. The van der Waals surface area contributed by atoms with Crippen LogP contribution in [0.1, 0.15) is 33.1 Å². The average Bonchev–Trinajstić information content (AvgIpc) is 2.34. The van der Waals surface area contributed by atoms with E-state index in [0.29, 0.717) is 25.4 Å². The van der Waals surface area contributed by atoms with Gasteiger partial charge in [-0.05, 0) is 25.2 Å². The Hall–Kier alpha value is -1.30. The molecule has 0 radical (unpaired) electrons. The van der Waals surface area contributed by atoms with Crippen LogP contribution < -0.4 is 11.1 Å². The lowest BCUT2D eigenvalue weighted by atomic mass is 9.97. The Kier molecular flexibility index (Phi) is 6.08. The summed E-state index contributed by atoms with van der Waals surface area (Å²) in [5.41, 5.74) is 5.78. The van der Waals surface area contributed by atoms with Gasteiger partial charge >= 0.3 is 12.0 Å². The van der Waals surface area contributed by atoms with Crippen molar-refractivity contribution in [2.75, 3.05) is 19.6 Å². The number of nitrogens with two attached hydrogens (primary N) is 1. The quantitative estimate of drug-likeness (QED) is 0.691. The number of amides is 2. The molecule has 0 spiro atoms. The third-order valence-corrected chi connectivity index (χ3v) is 3.43. The number of hydrogen-bond donors (Lipinski definition) is 3. The number of likely N-dealkylation sites (tertiary alicyclic amines) is 1. The molecule has 19 heavy (non-hydrogen) atoms. The number of hydrogen-bond acceptors (Lipinski definition) is 3. The molecule has 110 valence electrons. The summed E-state index contributed by atoms with van der Waals surface area (Å²) in [5, 5.41) is 11.8. The molecule has 0 aliphatic carbocycles. The second-order valence-electron chi connectivity index (χ2n) is 5.68. The smallest absolute Gasteiger partial charge is 0.317 e. The number of nitrogens with zero attached hydrogens (tertiary/aromatic N) is 1. The van der Waals surface area contributed by atoms with Crippen molar-refractivity contribution >= 4 is 12.0 Å². The Morgan fingerprint density at radius 2 is 1.95 bits per heavy atom. The molecule has 0 aromatic carbocycles. The molecule has 0 aromatic rings. The van der Waals surface area contributed by atoms with Crippen LogP contribution >= 0.6 is 0 Å². The average molecular weight is 271 g/mol. The summed E-state index contributed by atoms with van der Waals surface area (Å²) in [6, 6.07) is -0.00124. The fraction of sp³-hybridized carbons (Fsp3) is 0.846. The van der Waals surface area contributed by atoms with E-state index in [1.54, 1.807) is 4.90 Å². The number of carbonyl (C=O) groups is 2. The number of carboxylic acid groups (broad SMARTS) is 1. The Morgan fingerprint density at radius 3 is 2.42 bits per heavy atom. The molecule has 1 unspecified atom stereocenters. The number of nitrogens with one attached hydrogen (secondary N) is 1. The van der Waals surface area contributed by atoms with Gasteiger partial charge in [0.2, 0.25) is 0 Å². The number of urea groups is 1. The first-order valence-electron chi connectivity index (χ1n) is 6.91. The van der Waals surface area contributed by atoms with Crippen LogP contribution in [0.2, 0.25) is 0 Å². The number of rotatable bonds is 5. The Labute approximate surface area is 114 Å². The molecule has 1 fully saturated rings. The minimum Gasteiger partial charge on any atom is -0.481 e. The van der Waals surface area contributed by atoms with Crippen molar-refractivity contribution in [2.45, 2.75) is 39.2 Å². The van der Waals surface area contributed by atoms with Crippen LogP contribution in [-0.2, 0) is 4.79 Å². The highest BCUT2D eigenvalue weighted by atomic mass is 16.4. The van der Waals surface area contributed by atoms with E-state index >= 15 is 0 Å². The van der Waals surface area contributed by atoms with E-state index in [2.05, 4.69) is 5.32 Å². The molecular formula is C13H25N3O3. The second-order valence-corrected chi connectivity index (χ2v) is 5.68. The summed E-state index contributed by atoms with van der Waals surface area (Å²) < 4.78 is 0. The highest BCUT2D eigenvalue weighted by molar-refractivity contribution is 5.76. The first-order chi connectivity index (χ1) is 8.90. The lowest BCUT2D eigenvalue weighted by Gasteiger charge is -2.30. The van der Waals surface area contributed by atoms with Gasteiger partial charge in [0.1, 0.15) is 0 Å². The van der Waals surface area contributed by atoms with Gasteiger partial charge < -0.3 is 21.1 Å². The zero-order valence-corrected chi connectivity index (χ0v) is 11.8. The van der Waals surface area contributed by atoms with E-state index in [-0.39, 0.29) is 18.6 Å². The maximum absolute atomic E-state index is 11.9. The summed E-state index contributed by atoms with van der Waals surface area (Å²) in [6.45, 7) is 5.44. The van der Waals surface area contributed by atoms with E-state index in [1.165, 1.54) is 0 Å². The van der Waals surface area contributed by atoms with Crippen LogP contribution in [0.5, 0.6) is 0 Å². The summed E-state index contributed by atoms with van der Waals surface area (Å²) in [7, 11) is 0. The van der Waals surface area contributed by atoms with Crippen molar-refractivity contribution in [1.29, 1.82) is 0 Å². The molecule has 2 amide bonds. The highest BCUT2D eigenvalue weighted by Crippen LogP contribution is 2.12. The van der Waals surface area contributed by atoms with Gasteiger partial charge in [-0.3, -0.25) is 4.79 Å². The number of aliphatic carboxylic acids is 1. The summed E-state index contributed by atoms with van der Waals surface area (Å²) in [4.78, 5) is 24.7.